The van der Waals surface area contributed by atoms with E-state index in [0.29, 0.717) is 18.2 Å². The average molecular weight is 274 g/mol. The van der Waals surface area contributed by atoms with Gasteiger partial charge in [0.1, 0.15) is 6.04 Å². The van der Waals surface area contributed by atoms with Crippen LogP contribution in [0.2, 0.25) is 0 Å². The molecule has 6 nitrogen and oxygen atoms in total. The molecule has 2 fully saturated rings. The van der Waals surface area contributed by atoms with E-state index >= 15 is 0 Å². The molecular weight excluding hydrogens is 256 g/mol. The van der Waals surface area contributed by atoms with E-state index in [1.807, 2.05) is 6.92 Å². The molecular formula is C11H18N2O4S. The maximum absolute atomic E-state index is 12.3. The number of carbonyl (C=O) groups excluding carboxylic acids is 1. The lowest BCUT2D eigenvalue weighted by Crippen LogP contribution is -2.51. The standard InChI is InChI=1S/C11H18N2O4S/c1-7-2-3-12(8(7)4-14)11(17)13-6-18-5-9(13)10(15)16/h7-9,14H,2-6H2,1H3,(H,15,16)/t7?,8?,9-/m0/s1. The average Bonchev–Trinajstić information content (AvgIpc) is 2.93. The number of urea groups is 1. The first-order valence-corrected chi connectivity index (χ1v) is 7.20. The van der Waals surface area contributed by atoms with Crippen molar-refractivity contribution in [2.24, 2.45) is 5.92 Å². The zero-order chi connectivity index (χ0) is 13.3. The van der Waals surface area contributed by atoms with Crippen LogP contribution in [0.4, 0.5) is 4.79 Å². The van der Waals surface area contributed by atoms with E-state index in [0.717, 1.165) is 6.42 Å². The summed E-state index contributed by atoms with van der Waals surface area (Å²) in [7, 11) is 0. The van der Waals surface area contributed by atoms with Gasteiger partial charge in [-0.3, -0.25) is 0 Å². The molecule has 2 rings (SSSR count). The SMILES string of the molecule is CC1CCN(C(=O)N2CSC[C@H]2C(=O)O)C1CO. The summed E-state index contributed by atoms with van der Waals surface area (Å²) in [5, 5.41) is 18.4. The van der Waals surface area contributed by atoms with Crippen LogP contribution in [-0.2, 0) is 4.79 Å². The van der Waals surface area contributed by atoms with E-state index < -0.39 is 12.0 Å². The monoisotopic (exact) mass is 274 g/mol. The molecule has 0 radical (unpaired) electrons. The van der Waals surface area contributed by atoms with Gasteiger partial charge in [-0.1, -0.05) is 6.92 Å². The van der Waals surface area contributed by atoms with Gasteiger partial charge in [-0.15, -0.1) is 11.8 Å². The molecule has 2 aliphatic heterocycles. The number of carboxylic acids is 1. The summed E-state index contributed by atoms with van der Waals surface area (Å²) >= 11 is 1.45. The molecule has 0 aromatic carbocycles. The Bertz CT molecular complexity index is 352. The van der Waals surface area contributed by atoms with Crippen LogP contribution in [0, 0.1) is 5.92 Å². The Morgan fingerprint density at radius 1 is 1.39 bits per heavy atom. The molecule has 0 bridgehead atoms. The van der Waals surface area contributed by atoms with Crippen LogP contribution in [0.15, 0.2) is 0 Å². The van der Waals surface area contributed by atoms with Crippen molar-refractivity contribution in [2.45, 2.75) is 25.4 Å². The van der Waals surface area contributed by atoms with Crippen LogP contribution < -0.4 is 0 Å². The number of aliphatic hydroxyl groups excluding tert-OH is 1. The van der Waals surface area contributed by atoms with Gasteiger partial charge in [-0.25, -0.2) is 9.59 Å². The number of carbonyl (C=O) groups is 2. The third kappa shape index (κ3) is 2.29. The molecule has 2 N–H and O–H groups in total. The van der Waals surface area contributed by atoms with Crippen molar-refractivity contribution in [1.82, 2.24) is 9.80 Å². The van der Waals surface area contributed by atoms with Crippen LogP contribution in [0.3, 0.4) is 0 Å². The van der Waals surface area contributed by atoms with Crippen LogP contribution in [-0.4, -0.2) is 68.9 Å². The van der Waals surface area contributed by atoms with Gasteiger partial charge >= 0.3 is 12.0 Å². The molecule has 2 aliphatic rings. The molecule has 0 spiro atoms. The maximum atomic E-state index is 12.3. The van der Waals surface area contributed by atoms with Crippen molar-refractivity contribution >= 4 is 23.8 Å². The second-order valence-corrected chi connectivity index (χ2v) is 5.82. The molecule has 2 heterocycles. The number of amides is 2. The predicted molar refractivity (Wildman–Crippen MR) is 67.3 cm³/mol. The Labute approximate surface area is 110 Å². The number of thioether (sulfide) groups is 1. The number of carboxylic acid groups (broad SMARTS) is 1. The van der Waals surface area contributed by atoms with Gasteiger partial charge in [0, 0.05) is 12.3 Å². The lowest BCUT2D eigenvalue weighted by atomic mass is 10.0. The smallest absolute Gasteiger partial charge is 0.327 e. The number of hydrogen-bond donors (Lipinski definition) is 2. The topological polar surface area (TPSA) is 81.1 Å². The van der Waals surface area contributed by atoms with Gasteiger partial charge < -0.3 is 20.0 Å². The fraction of sp³-hybridized carbons (Fsp3) is 0.818. The largest absolute Gasteiger partial charge is 0.480 e. The number of aliphatic carboxylic acids is 1. The van der Waals surface area contributed by atoms with Gasteiger partial charge in [0.15, 0.2) is 0 Å². The Hall–Kier alpha value is -0.950. The lowest BCUT2D eigenvalue weighted by Gasteiger charge is -2.31. The number of rotatable bonds is 2. The molecule has 3 atom stereocenters. The summed E-state index contributed by atoms with van der Waals surface area (Å²) in [5.41, 5.74) is 0. The van der Waals surface area contributed by atoms with Crippen molar-refractivity contribution < 1.29 is 19.8 Å². The molecule has 0 saturated carbocycles. The summed E-state index contributed by atoms with van der Waals surface area (Å²) in [5.74, 6) is 0.159. The highest BCUT2D eigenvalue weighted by molar-refractivity contribution is 7.99. The Kier molecular flexibility index (Phi) is 4.01. The first-order chi connectivity index (χ1) is 8.56. The molecule has 2 amide bonds. The van der Waals surface area contributed by atoms with Gasteiger partial charge in [-0.05, 0) is 12.3 Å². The summed E-state index contributed by atoms with van der Waals surface area (Å²) in [4.78, 5) is 26.4. The summed E-state index contributed by atoms with van der Waals surface area (Å²) in [6, 6.07) is -1.17. The van der Waals surface area contributed by atoms with Crippen molar-refractivity contribution in [3.05, 3.63) is 0 Å². The molecule has 0 aliphatic carbocycles. The van der Waals surface area contributed by atoms with E-state index in [9.17, 15) is 14.7 Å². The fourth-order valence-electron chi connectivity index (χ4n) is 2.52. The quantitative estimate of drug-likeness (QED) is 0.755. The molecule has 2 unspecified atom stereocenters. The number of hydrogen-bond acceptors (Lipinski definition) is 4. The molecule has 18 heavy (non-hydrogen) atoms. The molecule has 102 valence electrons. The van der Waals surface area contributed by atoms with E-state index in [2.05, 4.69) is 0 Å². The van der Waals surface area contributed by atoms with Gasteiger partial charge in [0.2, 0.25) is 0 Å². The molecule has 0 aromatic rings. The molecule has 7 heteroatoms. The second-order valence-electron chi connectivity index (χ2n) is 4.82. The minimum absolute atomic E-state index is 0.0639. The summed E-state index contributed by atoms with van der Waals surface area (Å²) in [6.07, 6.45) is 0.857. The van der Waals surface area contributed by atoms with E-state index in [1.165, 1.54) is 16.7 Å². The molecule has 0 aromatic heterocycles. The zero-order valence-corrected chi connectivity index (χ0v) is 11.1. The van der Waals surface area contributed by atoms with Crippen LogP contribution in [0.25, 0.3) is 0 Å². The minimum Gasteiger partial charge on any atom is -0.480 e. The highest BCUT2D eigenvalue weighted by Gasteiger charge is 2.41. The van der Waals surface area contributed by atoms with Gasteiger partial charge in [0.25, 0.3) is 0 Å². The first-order valence-electron chi connectivity index (χ1n) is 6.05. The first kappa shape index (κ1) is 13.5. The predicted octanol–water partition coefficient (Wildman–Crippen LogP) is 0.269. The van der Waals surface area contributed by atoms with Gasteiger partial charge in [-0.2, -0.15) is 0 Å². The van der Waals surface area contributed by atoms with Crippen molar-refractivity contribution in [2.75, 3.05) is 24.8 Å². The Morgan fingerprint density at radius 2 is 2.11 bits per heavy atom. The highest BCUT2D eigenvalue weighted by atomic mass is 32.2. The minimum atomic E-state index is -0.957. The van der Waals surface area contributed by atoms with Crippen molar-refractivity contribution in [1.29, 1.82) is 0 Å². The number of aliphatic hydroxyl groups is 1. The van der Waals surface area contributed by atoms with Gasteiger partial charge in [0.05, 0.1) is 18.5 Å². The van der Waals surface area contributed by atoms with Crippen LogP contribution >= 0.6 is 11.8 Å². The summed E-state index contributed by atoms with van der Waals surface area (Å²) < 4.78 is 0. The van der Waals surface area contributed by atoms with Crippen molar-refractivity contribution in [3.8, 4) is 0 Å². The van der Waals surface area contributed by atoms with Crippen molar-refractivity contribution in [3.63, 3.8) is 0 Å². The second kappa shape index (κ2) is 5.36. The lowest BCUT2D eigenvalue weighted by molar-refractivity contribution is -0.141. The third-order valence-electron chi connectivity index (χ3n) is 3.73. The Morgan fingerprint density at radius 3 is 2.72 bits per heavy atom. The van der Waals surface area contributed by atoms with Crippen LogP contribution in [0.1, 0.15) is 13.3 Å². The Balaban J connectivity index is 2.09. The molecule has 2 saturated heterocycles. The third-order valence-corrected chi connectivity index (χ3v) is 4.74. The zero-order valence-electron chi connectivity index (χ0n) is 10.3. The summed E-state index contributed by atoms with van der Waals surface area (Å²) in [6.45, 7) is 2.53. The highest BCUT2D eigenvalue weighted by Crippen LogP contribution is 2.28. The number of nitrogens with zero attached hydrogens (tertiary/aromatic N) is 2. The van der Waals surface area contributed by atoms with E-state index in [1.54, 1.807) is 4.90 Å². The van der Waals surface area contributed by atoms with E-state index in [4.69, 9.17) is 5.11 Å². The number of likely N-dealkylation sites (tertiary alicyclic amines) is 1. The maximum Gasteiger partial charge on any atom is 0.327 e. The normalized spacial score (nSPS) is 32.0. The van der Waals surface area contributed by atoms with Crippen LogP contribution in [0.5, 0.6) is 0 Å². The van der Waals surface area contributed by atoms with E-state index in [-0.39, 0.29) is 24.6 Å². The fourth-order valence-corrected chi connectivity index (χ4v) is 3.66.